The van der Waals surface area contributed by atoms with Crippen LogP contribution in [0.4, 0.5) is 0 Å². The summed E-state index contributed by atoms with van der Waals surface area (Å²) >= 11 is 0. The SMILES string of the molecule is Cc1nc(C2CC2)oc1C(=O)NCc1cc(C(=O)O)c(C)o1. The number of nitrogens with zero attached hydrogens (tertiary/aromatic N) is 1. The van der Waals surface area contributed by atoms with E-state index in [-0.39, 0.29) is 23.8 Å². The Balaban J connectivity index is 1.67. The smallest absolute Gasteiger partial charge is 0.339 e. The number of rotatable bonds is 5. The van der Waals surface area contributed by atoms with Crippen LogP contribution in [0.1, 0.15) is 62.8 Å². The zero-order valence-corrected chi connectivity index (χ0v) is 12.3. The molecule has 2 aromatic heterocycles. The van der Waals surface area contributed by atoms with E-state index < -0.39 is 5.97 Å². The van der Waals surface area contributed by atoms with Gasteiger partial charge in [0, 0.05) is 5.92 Å². The second-order valence-corrected chi connectivity index (χ2v) is 5.41. The number of furan rings is 1. The van der Waals surface area contributed by atoms with Gasteiger partial charge < -0.3 is 19.3 Å². The molecule has 1 fully saturated rings. The molecule has 0 aromatic carbocycles. The van der Waals surface area contributed by atoms with Gasteiger partial charge in [0.2, 0.25) is 5.76 Å². The molecule has 0 unspecified atom stereocenters. The standard InChI is InChI=1S/C15H16N2O5/c1-7-12(22-14(17-7)9-3-4-9)13(18)16-6-10-5-11(15(19)20)8(2)21-10/h5,9H,3-4,6H2,1-2H3,(H,16,18)(H,19,20). The van der Waals surface area contributed by atoms with Crippen molar-refractivity contribution < 1.29 is 23.5 Å². The van der Waals surface area contributed by atoms with Crippen LogP contribution in [0.15, 0.2) is 14.9 Å². The van der Waals surface area contributed by atoms with E-state index in [1.165, 1.54) is 6.07 Å². The third-order valence-corrected chi connectivity index (χ3v) is 3.57. The number of hydrogen-bond acceptors (Lipinski definition) is 5. The predicted molar refractivity (Wildman–Crippen MR) is 74.8 cm³/mol. The van der Waals surface area contributed by atoms with Crippen molar-refractivity contribution in [2.75, 3.05) is 0 Å². The second kappa shape index (κ2) is 5.32. The van der Waals surface area contributed by atoms with Crippen LogP contribution >= 0.6 is 0 Å². The summed E-state index contributed by atoms with van der Waals surface area (Å²) in [6.07, 6.45) is 2.09. The average Bonchev–Trinajstić information content (AvgIpc) is 3.13. The first-order valence-corrected chi connectivity index (χ1v) is 7.04. The van der Waals surface area contributed by atoms with Crippen molar-refractivity contribution in [1.29, 1.82) is 0 Å². The highest BCUT2D eigenvalue weighted by Crippen LogP contribution is 2.40. The lowest BCUT2D eigenvalue weighted by Crippen LogP contribution is -2.22. The van der Waals surface area contributed by atoms with Crippen LogP contribution in [0.2, 0.25) is 0 Å². The van der Waals surface area contributed by atoms with Gasteiger partial charge >= 0.3 is 5.97 Å². The van der Waals surface area contributed by atoms with Gasteiger partial charge in [0.05, 0.1) is 12.2 Å². The molecule has 0 spiro atoms. The molecule has 2 aromatic rings. The fourth-order valence-corrected chi connectivity index (χ4v) is 2.22. The first kappa shape index (κ1) is 14.4. The van der Waals surface area contributed by atoms with E-state index in [0.29, 0.717) is 29.0 Å². The number of hydrogen-bond donors (Lipinski definition) is 2. The van der Waals surface area contributed by atoms with Gasteiger partial charge in [0.15, 0.2) is 5.89 Å². The highest BCUT2D eigenvalue weighted by atomic mass is 16.4. The summed E-state index contributed by atoms with van der Waals surface area (Å²) in [4.78, 5) is 27.3. The van der Waals surface area contributed by atoms with Crippen LogP contribution in [0.5, 0.6) is 0 Å². The van der Waals surface area contributed by atoms with Crippen molar-refractivity contribution in [3.63, 3.8) is 0 Å². The molecule has 2 N–H and O–H groups in total. The number of carboxylic acids is 1. The van der Waals surface area contributed by atoms with E-state index in [9.17, 15) is 9.59 Å². The number of aromatic nitrogens is 1. The minimum Gasteiger partial charge on any atom is -0.478 e. The first-order chi connectivity index (χ1) is 10.5. The Hall–Kier alpha value is -2.57. The third kappa shape index (κ3) is 2.74. The number of aryl methyl sites for hydroxylation is 2. The maximum Gasteiger partial charge on any atom is 0.339 e. The van der Waals surface area contributed by atoms with Crippen LogP contribution in [0.3, 0.4) is 0 Å². The van der Waals surface area contributed by atoms with Crippen molar-refractivity contribution in [3.8, 4) is 0 Å². The van der Waals surface area contributed by atoms with Gasteiger partial charge in [-0.2, -0.15) is 0 Å². The number of aromatic carboxylic acids is 1. The fourth-order valence-electron chi connectivity index (χ4n) is 2.22. The van der Waals surface area contributed by atoms with Gasteiger partial charge in [-0.05, 0) is 32.8 Å². The molecule has 0 radical (unpaired) electrons. The van der Waals surface area contributed by atoms with Gasteiger partial charge in [-0.25, -0.2) is 9.78 Å². The molecule has 3 rings (SSSR count). The summed E-state index contributed by atoms with van der Waals surface area (Å²) in [7, 11) is 0. The van der Waals surface area contributed by atoms with E-state index in [4.69, 9.17) is 13.9 Å². The Morgan fingerprint density at radius 2 is 2.09 bits per heavy atom. The first-order valence-electron chi connectivity index (χ1n) is 7.04. The molecule has 0 atom stereocenters. The highest BCUT2D eigenvalue weighted by molar-refractivity contribution is 5.92. The number of carbonyl (C=O) groups excluding carboxylic acids is 1. The third-order valence-electron chi connectivity index (χ3n) is 3.57. The molecule has 7 nitrogen and oxygen atoms in total. The zero-order valence-electron chi connectivity index (χ0n) is 12.3. The topological polar surface area (TPSA) is 106 Å². The summed E-state index contributed by atoms with van der Waals surface area (Å²) in [5.41, 5.74) is 0.650. The van der Waals surface area contributed by atoms with Crippen LogP contribution < -0.4 is 5.32 Å². The Bertz CT molecular complexity index is 739. The molecule has 1 saturated carbocycles. The molecule has 1 amide bonds. The molecule has 1 aliphatic rings. The van der Waals surface area contributed by atoms with Crippen molar-refractivity contribution in [3.05, 3.63) is 40.5 Å². The van der Waals surface area contributed by atoms with Crippen molar-refractivity contribution in [1.82, 2.24) is 10.3 Å². The molecular weight excluding hydrogens is 288 g/mol. The minimum absolute atomic E-state index is 0.0891. The van der Waals surface area contributed by atoms with E-state index in [1.54, 1.807) is 13.8 Å². The molecule has 7 heteroatoms. The van der Waals surface area contributed by atoms with E-state index >= 15 is 0 Å². The van der Waals surface area contributed by atoms with Crippen LogP contribution in [0.25, 0.3) is 0 Å². The summed E-state index contributed by atoms with van der Waals surface area (Å²) in [6.45, 7) is 3.38. The predicted octanol–water partition coefficient (Wildman–Crippen LogP) is 2.39. The van der Waals surface area contributed by atoms with Crippen LogP contribution in [-0.4, -0.2) is 22.0 Å². The quantitative estimate of drug-likeness (QED) is 0.878. The Morgan fingerprint density at radius 3 is 2.68 bits per heavy atom. The largest absolute Gasteiger partial charge is 0.478 e. The molecule has 22 heavy (non-hydrogen) atoms. The van der Waals surface area contributed by atoms with E-state index in [0.717, 1.165) is 12.8 Å². The number of amides is 1. The van der Waals surface area contributed by atoms with Gasteiger partial charge in [-0.15, -0.1) is 0 Å². The van der Waals surface area contributed by atoms with Crippen LogP contribution in [0, 0.1) is 13.8 Å². The maximum absolute atomic E-state index is 12.1. The van der Waals surface area contributed by atoms with Gasteiger partial charge in [0.1, 0.15) is 17.1 Å². The Labute approximate surface area is 126 Å². The summed E-state index contributed by atoms with van der Waals surface area (Å²) in [5, 5.41) is 11.6. The zero-order chi connectivity index (χ0) is 15.9. The molecular formula is C15H16N2O5. The summed E-state index contributed by atoms with van der Waals surface area (Å²) in [6, 6.07) is 1.40. The number of carboxylic acid groups (broad SMARTS) is 1. The molecule has 0 aliphatic heterocycles. The second-order valence-electron chi connectivity index (χ2n) is 5.41. The Kier molecular flexibility index (Phi) is 3.48. The van der Waals surface area contributed by atoms with E-state index in [1.807, 2.05) is 0 Å². The number of carbonyl (C=O) groups is 2. The molecule has 0 bridgehead atoms. The fraction of sp³-hybridized carbons (Fsp3) is 0.400. The number of oxazole rings is 1. The normalized spacial score (nSPS) is 14.1. The monoisotopic (exact) mass is 304 g/mol. The summed E-state index contributed by atoms with van der Waals surface area (Å²) < 4.78 is 10.8. The lowest BCUT2D eigenvalue weighted by molar-refractivity contribution is 0.0694. The molecule has 116 valence electrons. The number of nitrogens with one attached hydrogen (secondary N) is 1. The lowest BCUT2D eigenvalue weighted by atomic mass is 10.2. The molecule has 2 heterocycles. The lowest BCUT2D eigenvalue weighted by Gasteiger charge is -2.00. The molecule has 0 saturated heterocycles. The maximum atomic E-state index is 12.1. The van der Waals surface area contributed by atoms with E-state index in [2.05, 4.69) is 10.3 Å². The van der Waals surface area contributed by atoms with Crippen molar-refractivity contribution in [2.45, 2.75) is 39.2 Å². The minimum atomic E-state index is -1.06. The molecule has 1 aliphatic carbocycles. The van der Waals surface area contributed by atoms with Crippen LogP contribution in [-0.2, 0) is 6.54 Å². The van der Waals surface area contributed by atoms with Gasteiger partial charge in [0.25, 0.3) is 5.91 Å². The van der Waals surface area contributed by atoms with Crippen molar-refractivity contribution in [2.24, 2.45) is 0 Å². The van der Waals surface area contributed by atoms with Gasteiger partial charge in [-0.3, -0.25) is 4.79 Å². The average molecular weight is 304 g/mol. The Morgan fingerprint density at radius 1 is 1.36 bits per heavy atom. The summed E-state index contributed by atoms with van der Waals surface area (Å²) in [5.74, 6) is 0.396. The van der Waals surface area contributed by atoms with Gasteiger partial charge in [-0.1, -0.05) is 0 Å². The van der Waals surface area contributed by atoms with Crippen molar-refractivity contribution >= 4 is 11.9 Å². The highest BCUT2D eigenvalue weighted by Gasteiger charge is 2.30.